The number of anilines is 1. The Labute approximate surface area is 79.0 Å². The van der Waals surface area contributed by atoms with Gasteiger partial charge in [0, 0.05) is 10.6 Å². The molecular formula is C7H11NO3S2. The van der Waals surface area contributed by atoms with E-state index in [1.807, 2.05) is 0 Å². The molecule has 0 radical (unpaired) electrons. The van der Waals surface area contributed by atoms with Crippen molar-refractivity contribution in [2.24, 2.45) is 0 Å². The van der Waals surface area contributed by atoms with Crippen LogP contribution in [0.15, 0.2) is 29.2 Å². The lowest BCUT2D eigenvalue weighted by atomic mass is 10.3. The fraction of sp³-hybridized carbons (Fsp3) is 0.143. The molecule has 1 unspecified atom stereocenters. The van der Waals surface area contributed by atoms with Crippen molar-refractivity contribution in [3.63, 3.8) is 0 Å². The molecule has 0 aliphatic carbocycles. The van der Waals surface area contributed by atoms with Gasteiger partial charge in [0.05, 0.1) is 0 Å². The number of hydrogen-bond acceptors (Lipinski definition) is 2. The zero-order valence-corrected chi connectivity index (χ0v) is 8.64. The Morgan fingerprint density at radius 2 is 1.92 bits per heavy atom. The first-order valence-corrected chi connectivity index (χ1v) is 7.05. The zero-order chi connectivity index (χ0) is 10.1. The molecule has 0 bridgehead atoms. The summed E-state index contributed by atoms with van der Waals surface area (Å²) in [6.07, 6.45) is 1.48. The average molecular weight is 221 g/mol. The molecule has 0 aliphatic rings. The first kappa shape index (κ1) is 10.5. The maximum absolute atomic E-state index is 10.9. The molecule has 1 aromatic carbocycles. The van der Waals surface area contributed by atoms with Gasteiger partial charge < -0.3 is 5.73 Å². The van der Waals surface area contributed by atoms with E-state index < -0.39 is 18.5 Å². The van der Waals surface area contributed by atoms with Gasteiger partial charge in [-0.3, -0.25) is 9.11 Å². The predicted octanol–water partition coefficient (Wildman–Crippen LogP) is 1.02. The number of nitrogens with two attached hydrogens (primary N) is 1. The van der Waals surface area contributed by atoms with E-state index in [4.69, 9.17) is 14.8 Å². The molecule has 4 nitrogen and oxygen atoms in total. The summed E-state index contributed by atoms with van der Waals surface area (Å²) in [5.74, 6) is 0. The van der Waals surface area contributed by atoms with Crippen LogP contribution < -0.4 is 5.73 Å². The molecule has 0 heterocycles. The highest BCUT2D eigenvalue weighted by Gasteiger charge is 2.06. The predicted molar refractivity (Wildman–Crippen MR) is 55.8 cm³/mol. The van der Waals surface area contributed by atoms with Crippen molar-refractivity contribution in [2.45, 2.75) is 4.90 Å². The van der Waals surface area contributed by atoms with Crippen LogP contribution in [0.2, 0.25) is 0 Å². The monoisotopic (exact) mass is 221 g/mol. The molecule has 1 atom stereocenters. The molecule has 1 rings (SSSR count). The lowest BCUT2D eigenvalue weighted by Gasteiger charge is -2.07. The largest absolute Gasteiger partial charge is 0.398 e. The van der Waals surface area contributed by atoms with E-state index in [2.05, 4.69) is 0 Å². The van der Waals surface area contributed by atoms with E-state index in [1.54, 1.807) is 24.3 Å². The summed E-state index contributed by atoms with van der Waals surface area (Å²) in [5.41, 5.74) is 6.00. The number of para-hydroxylation sites is 1. The van der Waals surface area contributed by atoms with E-state index in [1.165, 1.54) is 6.26 Å². The quantitative estimate of drug-likeness (QED) is 0.618. The molecule has 4 N–H and O–H groups in total. The van der Waals surface area contributed by atoms with Crippen molar-refractivity contribution in [3.8, 4) is 0 Å². The van der Waals surface area contributed by atoms with Crippen molar-refractivity contribution >= 4 is 24.2 Å². The van der Waals surface area contributed by atoms with E-state index >= 15 is 0 Å². The van der Waals surface area contributed by atoms with Crippen LogP contribution >= 0.6 is 0 Å². The molecule has 6 heteroatoms. The molecule has 0 aromatic heterocycles. The van der Waals surface area contributed by atoms with E-state index in [0.29, 0.717) is 10.6 Å². The minimum Gasteiger partial charge on any atom is -0.398 e. The Hall–Kier alpha value is -0.560. The van der Waals surface area contributed by atoms with Gasteiger partial charge >= 0.3 is 0 Å². The van der Waals surface area contributed by atoms with Gasteiger partial charge in [0.2, 0.25) is 9.05 Å². The number of rotatable bonds is 1. The second-order valence-electron chi connectivity index (χ2n) is 2.44. The third-order valence-electron chi connectivity index (χ3n) is 1.55. The lowest BCUT2D eigenvalue weighted by Crippen LogP contribution is -2.07. The van der Waals surface area contributed by atoms with Gasteiger partial charge in [-0.25, -0.2) is 4.21 Å². The van der Waals surface area contributed by atoms with E-state index in [0.717, 1.165) is 0 Å². The normalized spacial score (nSPS) is 14.1. The van der Waals surface area contributed by atoms with Gasteiger partial charge in [-0.2, -0.15) is 0 Å². The highest BCUT2D eigenvalue weighted by Crippen LogP contribution is 2.16. The Balaban J connectivity index is 3.42. The SMILES string of the molecule is CS(c1ccccc1N)=S(=O)(O)O. The Bertz CT molecular complexity index is 427. The van der Waals surface area contributed by atoms with Crippen LogP contribution in [-0.2, 0) is 18.5 Å². The standard InChI is InChI=1S/C7H11NO3S2/c1-12(13(9,10)11)7-5-3-2-4-6(7)8/h2-5H,8H2,1H3,(H2,9,10,11). The second-order valence-corrected chi connectivity index (χ2v) is 7.49. The maximum Gasteiger partial charge on any atom is 0.227 e. The second kappa shape index (κ2) is 3.67. The summed E-state index contributed by atoms with van der Waals surface area (Å²) >= 11 is 0. The molecular weight excluding hydrogens is 210 g/mol. The molecule has 0 aliphatic heterocycles. The topological polar surface area (TPSA) is 83.6 Å². The van der Waals surface area contributed by atoms with Crippen LogP contribution in [0.25, 0.3) is 0 Å². The Morgan fingerprint density at radius 1 is 1.38 bits per heavy atom. The zero-order valence-electron chi connectivity index (χ0n) is 7.01. The number of nitrogen functional groups attached to an aromatic ring is 1. The van der Waals surface area contributed by atoms with Gasteiger partial charge in [0.25, 0.3) is 0 Å². The Morgan fingerprint density at radius 3 is 2.38 bits per heavy atom. The highest BCUT2D eigenvalue weighted by molar-refractivity contribution is 8.42. The van der Waals surface area contributed by atoms with Crippen molar-refractivity contribution in [3.05, 3.63) is 24.3 Å². The van der Waals surface area contributed by atoms with Crippen LogP contribution in [0.4, 0.5) is 5.69 Å². The highest BCUT2D eigenvalue weighted by atomic mass is 32.9. The lowest BCUT2D eigenvalue weighted by molar-refractivity contribution is 0.450. The smallest absolute Gasteiger partial charge is 0.227 e. The molecule has 0 saturated carbocycles. The molecule has 13 heavy (non-hydrogen) atoms. The summed E-state index contributed by atoms with van der Waals surface area (Å²) in [6, 6.07) is 6.70. The van der Waals surface area contributed by atoms with Gasteiger partial charge in [-0.15, -0.1) is 0 Å². The molecule has 0 fully saturated rings. The van der Waals surface area contributed by atoms with Crippen LogP contribution in [0.1, 0.15) is 0 Å². The van der Waals surface area contributed by atoms with Gasteiger partial charge in [-0.1, -0.05) is 21.6 Å². The minimum atomic E-state index is -3.78. The molecule has 0 amide bonds. The fourth-order valence-corrected chi connectivity index (χ4v) is 2.92. The molecule has 0 spiro atoms. The van der Waals surface area contributed by atoms with Gasteiger partial charge in [0.1, 0.15) is 0 Å². The molecule has 1 aromatic rings. The molecule has 74 valence electrons. The first-order chi connectivity index (χ1) is 5.93. The fourth-order valence-electron chi connectivity index (χ4n) is 0.859. The van der Waals surface area contributed by atoms with E-state index in [-0.39, 0.29) is 0 Å². The average Bonchev–Trinajstić information content (AvgIpc) is 2.02. The first-order valence-electron chi connectivity index (χ1n) is 3.43. The summed E-state index contributed by atoms with van der Waals surface area (Å²) < 4.78 is 28.7. The van der Waals surface area contributed by atoms with Crippen molar-refractivity contribution in [1.82, 2.24) is 0 Å². The summed E-state index contributed by atoms with van der Waals surface area (Å²) in [4.78, 5) is 0.512. The summed E-state index contributed by atoms with van der Waals surface area (Å²) in [5, 5.41) is 0. The number of benzene rings is 1. The van der Waals surface area contributed by atoms with Crippen LogP contribution in [0.5, 0.6) is 0 Å². The van der Waals surface area contributed by atoms with Crippen LogP contribution in [-0.4, -0.2) is 19.6 Å². The molecule has 0 saturated heterocycles. The van der Waals surface area contributed by atoms with E-state index in [9.17, 15) is 4.21 Å². The van der Waals surface area contributed by atoms with Crippen molar-refractivity contribution in [1.29, 1.82) is 0 Å². The summed E-state index contributed by atoms with van der Waals surface area (Å²) in [7, 11) is -4.93. The third kappa shape index (κ3) is 2.44. The maximum atomic E-state index is 10.9. The van der Waals surface area contributed by atoms with Crippen molar-refractivity contribution < 1.29 is 13.3 Å². The summed E-state index contributed by atoms with van der Waals surface area (Å²) in [6.45, 7) is 0. The van der Waals surface area contributed by atoms with Gasteiger partial charge in [-0.05, 0) is 18.4 Å². The Kier molecular flexibility index (Phi) is 2.97. The van der Waals surface area contributed by atoms with Crippen molar-refractivity contribution in [2.75, 3.05) is 12.0 Å². The minimum absolute atomic E-state index is 0.421. The van der Waals surface area contributed by atoms with Crippen LogP contribution in [0.3, 0.4) is 0 Å². The number of hydrogen-bond donors (Lipinski definition) is 3. The van der Waals surface area contributed by atoms with Crippen LogP contribution in [0, 0.1) is 0 Å². The van der Waals surface area contributed by atoms with Gasteiger partial charge in [0.15, 0.2) is 0 Å². The third-order valence-corrected chi connectivity index (χ3v) is 5.69.